The summed E-state index contributed by atoms with van der Waals surface area (Å²) in [7, 11) is -3.37. The molecule has 0 bridgehead atoms. The van der Waals surface area contributed by atoms with E-state index in [2.05, 4.69) is 5.32 Å². The van der Waals surface area contributed by atoms with Crippen LogP contribution in [-0.2, 0) is 21.2 Å². The van der Waals surface area contributed by atoms with Crippen LogP contribution in [0.2, 0.25) is 0 Å². The van der Waals surface area contributed by atoms with Gasteiger partial charge in [0.2, 0.25) is 5.91 Å². The third kappa shape index (κ3) is 4.92. The normalized spacial score (nSPS) is 15.5. The maximum atomic E-state index is 12.4. The number of halogens is 1. The fourth-order valence-electron chi connectivity index (χ4n) is 2.20. The van der Waals surface area contributed by atoms with Crippen molar-refractivity contribution in [2.45, 2.75) is 29.9 Å². The molecule has 0 aromatic carbocycles. The molecule has 1 amide bonds. The second-order valence-electron chi connectivity index (χ2n) is 5.00. The Morgan fingerprint density at radius 2 is 2.00 bits per heavy atom. The SMILES string of the molecule is Cl.NCCCNC(=O)Cc1ccc(S(=O)(=O)N2CCCC2)s1. The van der Waals surface area contributed by atoms with Crippen molar-refractivity contribution in [1.82, 2.24) is 9.62 Å². The topological polar surface area (TPSA) is 92.5 Å². The van der Waals surface area contributed by atoms with Gasteiger partial charge in [0.1, 0.15) is 4.21 Å². The number of amides is 1. The van der Waals surface area contributed by atoms with Crippen LogP contribution >= 0.6 is 23.7 Å². The number of hydrogen-bond acceptors (Lipinski definition) is 5. The van der Waals surface area contributed by atoms with E-state index in [9.17, 15) is 13.2 Å². The summed E-state index contributed by atoms with van der Waals surface area (Å²) in [5.74, 6) is -0.101. The Balaban J connectivity index is 0.00000242. The molecule has 22 heavy (non-hydrogen) atoms. The number of thiophene rings is 1. The molecule has 2 rings (SSSR count). The smallest absolute Gasteiger partial charge is 0.252 e. The van der Waals surface area contributed by atoms with Gasteiger partial charge in [-0.2, -0.15) is 4.31 Å². The highest BCUT2D eigenvalue weighted by Crippen LogP contribution is 2.27. The van der Waals surface area contributed by atoms with Crippen LogP contribution in [0.5, 0.6) is 0 Å². The van der Waals surface area contributed by atoms with Crippen molar-refractivity contribution < 1.29 is 13.2 Å². The number of hydrogen-bond donors (Lipinski definition) is 2. The lowest BCUT2D eigenvalue weighted by molar-refractivity contribution is -0.120. The van der Waals surface area contributed by atoms with Crippen molar-refractivity contribution in [2.75, 3.05) is 26.2 Å². The summed E-state index contributed by atoms with van der Waals surface area (Å²) in [5, 5.41) is 2.76. The van der Waals surface area contributed by atoms with Crippen molar-refractivity contribution in [3.63, 3.8) is 0 Å². The van der Waals surface area contributed by atoms with Crippen molar-refractivity contribution in [3.8, 4) is 0 Å². The molecule has 0 unspecified atom stereocenters. The highest BCUT2D eigenvalue weighted by Gasteiger charge is 2.28. The van der Waals surface area contributed by atoms with Gasteiger partial charge >= 0.3 is 0 Å². The van der Waals surface area contributed by atoms with Crippen molar-refractivity contribution in [2.24, 2.45) is 5.73 Å². The van der Waals surface area contributed by atoms with E-state index in [4.69, 9.17) is 5.73 Å². The molecule has 6 nitrogen and oxygen atoms in total. The number of nitrogens with two attached hydrogens (primary N) is 1. The van der Waals surface area contributed by atoms with E-state index < -0.39 is 10.0 Å². The maximum absolute atomic E-state index is 12.4. The van der Waals surface area contributed by atoms with Gasteiger partial charge in [0.25, 0.3) is 10.0 Å². The maximum Gasteiger partial charge on any atom is 0.252 e. The molecule has 1 aliphatic rings. The first kappa shape index (κ1) is 19.4. The van der Waals surface area contributed by atoms with E-state index in [1.165, 1.54) is 15.6 Å². The third-order valence-corrected chi connectivity index (χ3v) is 6.79. The molecule has 1 aliphatic heterocycles. The summed E-state index contributed by atoms with van der Waals surface area (Å²) in [6, 6.07) is 3.32. The molecule has 1 aromatic rings. The molecule has 3 N–H and O–H groups in total. The first-order chi connectivity index (χ1) is 10.0. The average Bonchev–Trinajstić information content (AvgIpc) is 3.10. The number of sulfonamides is 1. The molecule has 0 saturated carbocycles. The minimum atomic E-state index is -3.37. The van der Waals surface area contributed by atoms with Gasteiger partial charge in [0.15, 0.2) is 0 Å². The van der Waals surface area contributed by atoms with E-state index in [1.54, 1.807) is 12.1 Å². The van der Waals surface area contributed by atoms with E-state index in [0.717, 1.165) is 24.1 Å². The lowest BCUT2D eigenvalue weighted by atomic mass is 10.3. The van der Waals surface area contributed by atoms with Gasteiger partial charge in [-0.25, -0.2) is 8.42 Å². The molecule has 0 spiro atoms. The van der Waals surface area contributed by atoms with Crippen LogP contribution in [0.25, 0.3) is 0 Å². The lowest BCUT2D eigenvalue weighted by Gasteiger charge is -2.13. The molecule has 2 heterocycles. The summed E-state index contributed by atoms with van der Waals surface area (Å²) >= 11 is 1.18. The minimum Gasteiger partial charge on any atom is -0.356 e. The van der Waals surface area contributed by atoms with Gasteiger partial charge < -0.3 is 11.1 Å². The van der Waals surface area contributed by atoms with Crippen molar-refractivity contribution >= 4 is 39.7 Å². The van der Waals surface area contributed by atoms with Gasteiger partial charge in [-0.3, -0.25) is 4.79 Å². The predicted octanol–water partition coefficient (Wildman–Crippen LogP) is 0.962. The first-order valence-electron chi connectivity index (χ1n) is 7.09. The highest BCUT2D eigenvalue weighted by molar-refractivity contribution is 7.91. The first-order valence-corrected chi connectivity index (χ1v) is 9.35. The molecule has 1 saturated heterocycles. The largest absolute Gasteiger partial charge is 0.356 e. The van der Waals surface area contributed by atoms with Crippen LogP contribution in [0.4, 0.5) is 0 Å². The Labute approximate surface area is 141 Å². The standard InChI is InChI=1S/C13H21N3O3S2.ClH/c14-6-3-7-15-12(17)10-11-4-5-13(20-11)21(18,19)16-8-1-2-9-16;/h4-5H,1-3,6-10,14H2,(H,15,17);1H. The number of carbonyl (C=O) groups is 1. The number of carbonyl (C=O) groups excluding carboxylic acids is 1. The summed E-state index contributed by atoms with van der Waals surface area (Å²) in [4.78, 5) is 12.5. The zero-order chi connectivity index (χ0) is 15.3. The summed E-state index contributed by atoms with van der Waals surface area (Å²) in [6.45, 7) is 2.28. The van der Waals surface area contributed by atoms with Gasteiger partial charge in [-0.05, 0) is 37.9 Å². The van der Waals surface area contributed by atoms with Crippen molar-refractivity contribution in [1.29, 1.82) is 0 Å². The molecular weight excluding hydrogens is 346 g/mol. The van der Waals surface area contributed by atoms with E-state index in [-0.39, 0.29) is 24.7 Å². The Morgan fingerprint density at radius 1 is 1.32 bits per heavy atom. The van der Waals surface area contributed by atoms with Crippen molar-refractivity contribution in [3.05, 3.63) is 17.0 Å². The quantitative estimate of drug-likeness (QED) is 0.702. The summed E-state index contributed by atoms with van der Waals surface area (Å²) in [6.07, 6.45) is 2.79. The van der Waals surface area contributed by atoms with Crippen LogP contribution in [0.3, 0.4) is 0 Å². The molecule has 0 aliphatic carbocycles. The fraction of sp³-hybridized carbons (Fsp3) is 0.615. The number of nitrogens with zero attached hydrogens (tertiary/aromatic N) is 1. The second kappa shape index (κ2) is 8.83. The van der Waals surface area contributed by atoms with E-state index >= 15 is 0 Å². The molecule has 1 aromatic heterocycles. The Bertz CT molecular complexity index is 583. The number of rotatable bonds is 7. The lowest BCUT2D eigenvalue weighted by Crippen LogP contribution is -2.27. The fourth-order valence-corrected chi connectivity index (χ4v) is 5.22. The monoisotopic (exact) mass is 367 g/mol. The number of nitrogens with one attached hydrogen (secondary N) is 1. The second-order valence-corrected chi connectivity index (χ2v) is 8.33. The molecule has 1 fully saturated rings. The van der Waals surface area contributed by atoms with Gasteiger partial charge in [-0.1, -0.05) is 0 Å². The predicted molar refractivity (Wildman–Crippen MR) is 89.9 cm³/mol. The summed E-state index contributed by atoms with van der Waals surface area (Å²) < 4.78 is 26.6. The Hall–Kier alpha value is -0.670. The van der Waals surface area contributed by atoms with Gasteiger partial charge in [0, 0.05) is 24.5 Å². The van der Waals surface area contributed by atoms with Crippen LogP contribution in [0.1, 0.15) is 24.1 Å². The van der Waals surface area contributed by atoms with Crippen LogP contribution in [-0.4, -0.2) is 44.8 Å². The average molecular weight is 368 g/mol. The molecule has 126 valence electrons. The van der Waals surface area contributed by atoms with E-state index in [0.29, 0.717) is 30.4 Å². The Morgan fingerprint density at radius 3 is 2.64 bits per heavy atom. The third-order valence-electron chi connectivity index (χ3n) is 3.33. The molecule has 9 heteroatoms. The molecular formula is C13H22ClN3O3S2. The summed E-state index contributed by atoms with van der Waals surface area (Å²) in [5.41, 5.74) is 5.36. The van der Waals surface area contributed by atoms with Crippen LogP contribution < -0.4 is 11.1 Å². The zero-order valence-electron chi connectivity index (χ0n) is 12.3. The van der Waals surface area contributed by atoms with Gasteiger partial charge in [0.05, 0.1) is 6.42 Å². The van der Waals surface area contributed by atoms with E-state index in [1.807, 2.05) is 0 Å². The van der Waals surface area contributed by atoms with Crippen LogP contribution in [0, 0.1) is 0 Å². The highest BCUT2D eigenvalue weighted by atomic mass is 35.5. The van der Waals surface area contributed by atoms with Crippen LogP contribution in [0.15, 0.2) is 16.3 Å². The minimum absolute atomic E-state index is 0. The zero-order valence-corrected chi connectivity index (χ0v) is 14.7. The van der Waals surface area contributed by atoms with Gasteiger partial charge in [-0.15, -0.1) is 23.7 Å². The molecule has 0 atom stereocenters. The molecule has 0 radical (unpaired) electrons. The Kier molecular flexibility index (Phi) is 7.78.